The summed E-state index contributed by atoms with van der Waals surface area (Å²) in [5.41, 5.74) is 2.27. The van der Waals surface area contributed by atoms with Crippen LogP contribution in [0.15, 0.2) is 59.5 Å². The van der Waals surface area contributed by atoms with E-state index in [2.05, 4.69) is 12.1 Å². The fraction of sp³-hybridized carbons (Fsp3) is 0.409. The van der Waals surface area contributed by atoms with Gasteiger partial charge < -0.3 is 5.11 Å². The van der Waals surface area contributed by atoms with Crippen LogP contribution in [0, 0.1) is 6.92 Å². The number of carboxylic acids is 1. The van der Waals surface area contributed by atoms with E-state index in [4.69, 9.17) is 0 Å². The highest BCUT2D eigenvalue weighted by Crippen LogP contribution is 2.22. The number of sulfone groups is 1. The SMILES string of the molecule is Cc1ccc(S(=O)(=O)C(CCCCCCCc2ccccc2)C(=O)O)cc1. The van der Waals surface area contributed by atoms with Crippen molar-refractivity contribution in [2.75, 3.05) is 0 Å². The number of carbonyl (C=O) groups is 1. The minimum atomic E-state index is -3.85. The van der Waals surface area contributed by atoms with Gasteiger partial charge in [-0.15, -0.1) is 0 Å². The molecule has 27 heavy (non-hydrogen) atoms. The molecule has 1 N–H and O–H groups in total. The van der Waals surface area contributed by atoms with Crippen LogP contribution < -0.4 is 0 Å². The summed E-state index contributed by atoms with van der Waals surface area (Å²) in [4.78, 5) is 11.6. The number of carboxylic acid groups (broad SMARTS) is 1. The zero-order valence-electron chi connectivity index (χ0n) is 15.8. The Kier molecular flexibility index (Phi) is 8.04. The normalized spacial score (nSPS) is 12.6. The van der Waals surface area contributed by atoms with Gasteiger partial charge in [-0.2, -0.15) is 0 Å². The molecule has 0 bridgehead atoms. The van der Waals surface area contributed by atoms with E-state index in [1.807, 2.05) is 25.1 Å². The number of benzene rings is 2. The van der Waals surface area contributed by atoms with Crippen molar-refractivity contribution >= 4 is 15.8 Å². The van der Waals surface area contributed by atoms with Crippen molar-refractivity contribution in [3.8, 4) is 0 Å². The summed E-state index contributed by atoms with van der Waals surface area (Å²) in [6, 6.07) is 16.7. The quantitative estimate of drug-likeness (QED) is 0.561. The van der Waals surface area contributed by atoms with Crippen LogP contribution >= 0.6 is 0 Å². The van der Waals surface area contributed by atoms with E-state index in [1.54, 1.807) is 12.1 Å². The first kappa shape index (κ1) is 21.2. The summed E-state index contributed by atoms with van der Waals surface area (Å²) >= 11 is 0. The minimum absolute atomic E-state index is 0.0864. The molecular formula is C22H28O4S. The molecule has 2 aromatic rings. The molecule has 146 valence electrons. The van der Waals surface area contributed by atoms with Crippen LogP contribution in [-0.2, 0) is 21.1 Å². The maximum Gasteiger partial charge on any atom is 0.322 e. The Morgan fingerprint density at radius 1 is 0.889 bits per heavy atom. The molecule has 5 heteroatoms. The van der Waals surface area contributed by atoms with Crippen molar-refractivity contribution in [1.29, 1.82) is 0 Å². The lowest BCUT2D eigenvalue weighted by molar-refractivity contribution is -0.136. The highest BCUT2D eigenvalue weighted by molar-refractivity contribution is 7.92. The fourth-order valence-electron chi connectivity index (χ4n) is 3.14. The second kappa shape index (κ2) is 10.3. The van der Waals surface area contributed by atoms with Gasteiger partial charge in [-0.25, -0.2) is 8.42 Å². The molecule has 2 rings (SSSR count). The van der Waals surface area contributed by atoms with Gasteiger partial charge in [0.05, 0.1) is 4.90 Å². The minimum Gasteiger partial charge on any atom is -0.480 e. The average molecular weight is 389 g/mol. The van der Waals surface area contributed by atoms with Gasteiger partial charge in [-0.1, -0.05) is 73.7 Å². The first-order chi connectivity index (χ1) is 12.9. The maximum absolute atomic E-state index is 12.6. The number of hydrogen-bond acceptors (Lipinski definition) is 3. The van der Waals surface area contributed by atoms with Crippen LogP contribution in [0.25, 0.3) is 0 Å². The molecule has 0 aliphatic rings. The maximum atomic E-state index is 12.6. The molecule has 0 radical (unpaired) electrons. The van der Waals surface area contributed by atoms with Gasteiger partial charge in [0.1, 0.15) is 0 Å². The van der Waals surface area contributed by atoms with E-state index < -0.39 is 21.1 Å². The monoisotopic (exact) mass is 388 g/mol. The van der Waals surface area contributed by atoms with Gasteiger partial charge in [-0.05, 0) is 43.9 Å². The number of aryl methyl sites for hydroxylation is 2. The topological polar surface area (TPSA) is 71.4 Å². The Morgan fingerprint density at radius 2 is 1.48 bits per heavy atom. The van der Waals surface area contributed by atoms with Crippen LogP contribution in [0.4, 0.5) is 0 Å². The van der Waals surface area contributed by atoms with E-state index in [0.29, 0.717) is 6.42 Å². The van der Waals surface area contributed by atoms with Gasteiger partial charge in [-0.3, -0.25) is 4.79 Å². The third-order valence-electron chi connectivity index (χ3n) is 4.77. The summed E-state index contributed by atoms with van der Waals surface area (Å²) in [6.07, 6.45) is 5.80. The van der Waals surface area contributed by atoms with E-state index in [1.165, 1.54) is 17.7 Å². The zero-order valence-corrected chi connectivity index (χ0v) is 16.6. The van der Waals surface area contributed by atoms with Crippen molar-refractivity contribution in [2.24, 2.45) is 0 Å². The van der Waals surface area contributed by atoms with Gasteiger partial charge in [0.2, 0.25) is 0 Å². The molecule has 0 heterocycles. The molecule has 4 nitrogen and oxygen atoms in total. The molecule has 0 saturated heterocycles. The molecule has 1 atom stereocenters. The summed E-state index contributed by atoms with van der Waals surface area (Å²) in [7, 11) is -3.85. The Balaban J connectivity index is 1.77. The fourth-order valence-corrected chi connectivity index (χ4v) is 4.72. The summed E-state index contributed by atoms with van der Waals surface area (Å²) in [5, 5.41) is 8.04. The third kappa shape index (κ3) is 6.51. The molecular weight excluding hydrogens is 360 g/mol. The van der Waals surface area contributed by atoms with E-state index >= 15 is 0 Å². The Morgan fingerprint density at radius 3 is 2.11 bits per heavy atom. The Labute approximate surface area is 162 Å². The molecule has 0 saturated carbocycles. The summed E-state index contributed by atoms with van der Waals surface area (Å²) in [6.45, 7) is 1.86. The highest BCUT2D eigenvalue weighted by Gasteiger charge is 2.33. The molecule has 0 aliphatic carbocycles. The van der Waals surface area contributed by atoms with Crippen molar-refractivity contribution < 1.29 is 18.3 Å². The lowest BCUT2D eigenvalue weighted by atomic mass is 10.0. The zero-order chi connectivity index (χ0) is 19.7. The molecule has 0 amide bonds. The predicted octanol–water partition coefficient (Wildman–Crippen LogP) is 4.81. The second-order valence-electron chi connectivity index (χ2n) is 6.98. The largest absolute Gasteiger partial charge is 0.480 e. The van der Waals surface area contributed by atoms with E-state index in [-0.39, 0.29) is 11.3 Å². The van der Waals surface area contributed by atoms with Gasteiger partial charge in [0, 0.05) is 0 Å². The van der Waals surface area contributed by atoms with Crippen LogP contribution in [-0.4, -0.2) is 24.7 Å². The Bertz CT molecular complexity index is 811. The highest BCUT2D eigenvalue weighted by atomic mass is 32.2. The third-order valence-corrected chi connectivity index (χ3v) is 6.89. The van der Waals surface area contributed by atoms with Crippen LogP contribution in [0.1, 0.15) is 49.7 Å². The van der Waals surface area contributed by atoms with Crippen LogP contribution in [0.5, 0.6) is 0 Å². The molecule has 1 unspecified atom stereocenters. The molecule has 0 aliphatic heterocycles. The van der Waals surface area contributed by atoms with Crippen LogP contribution in [0.2, 0.25) is 0 Å². The van der Waals surface area contributed by atoms with Crippen molar-refractivity contribution in [3.63, 3.8) is 0 Å². The smallest absolute Gasteiger partial charge is 0.322 e. The molecule has 2 aromatic carbocycles. The Hall–Kier alpha value is -2.14. The number of hydrogen-bond donors (Lipinski definition) is 1. The van der Waals surface area contributed by atoms with Gasteiger partial charge in [0.15, 0.2) is 15.1 Å². The predicted molar refractivity (Wildman–Crippen MR) is 108 cm³/mol. The molecule has 0 spiro atoms. The first-order valence-electron chi connectivity index (χ1n) is 9.48. The van der Waals surface area contributed by atoms with Gasteiger partial charge >= 0.3 is 5.97 Å². The van der Waals surface area contributed by atoms with Crippen molar-refractivity contribution in [1.82, 2.24) is 0 Å². The summed E-state index contributed by atoms with van der Waals surface area (Å²) < 4.78 is 25.3. The standard InChI is InChI=1S/C22H28O4S/c1-18-14-16-20(17-15-18)27(25,26)21(22(23)24)13-9-4-2-3-6-10-19-11-7-5-8-12-19/h5,7-8,11-12,14-17,21H,2-4,6,9-10,13H2,1H3,(H,23,24). The van der Waals surface area contributed by atoms with Crippen molar-refractivity contribution in [3.05, 3.63) is 65.7 Å². The van der Waals surface area contributed by atoms with Crippen LogP contribution in [0.3, 0.4) is 0 Å². The molecule has 0 fully saturated rings. The van der Waals surface area contributed by atoms with E-state index in [9.17, 15) is 18.3 Å². The van der Waals surface area contributed by atoms with Crippen molar-refractivity contribution in [2.45, 2.75) is 62.0 Å². The molecule has 0 aromatic heterocycles. The first-order valence-corrected chi connectivity index (χ1v) is 11.0. The average Bonchev–Trinajstić information content (AvgIpc) is 2.64. The lowest BCUT2D eigenvalue weighted by Crippen LogP contribution is -2.30. The number of aliphatic carboxylic acids is 1. The number of rotatable bonds is 11. The lowest BCUT2D eigenvalue weighted by Gasteiger charge is -2.14. The number of unbranched alkanes of at least 4 members (excludes halogenated alkanes) is 4. The summed E-state index contributed by atoms with van der Waals surface area (Å²) in [5.74, 6) is -1.26. The van der Waals surface area contributed by atoms with E-state index in [0.717, 1.165) is 37.7 Å². The van der Waals surface area contributed by atoms with Gasteiger partial charge in [0.25, 0.3) is 0 Å². The second-order valence-corrected chi connectivity index (χ2v) is 9.11.